The molecule has 2 heterocycles. The summed E-state index contributed by atoms with van der Waals surface area (Å²) in [5.41, 5.74) is 5.56. The van der Waals surface area contributed by atoms with Crippen molar-refractivity contribution in [3.05, 3.63) is 113 Å². The van der Waals surface area contributed by atoms with E-state index in [1.54, 1.807) is 0 Å². The quantitative estimate of drug-likeness (QED) is 0.360. The fourth-order valence-electron chi connectivity index (χ4n) is 5.09. The first-order valence-corrected chi connectivity index (χ1v) is 12.0. The van der Waals surface area contributed by atoms with Gasteiger partial charge in [-0.3, -0.25) is 4.79 Å². The number of hydrogen-bond donors (Lipinski definition) is 1. The lowest BCUT2D eigenvalue weighted by molar-refractivity contribution is 0.0933. The molecule has 8 heteroatoms. The molecule has 4 aromatic rings. The Balaban J connectivity index is 0.00000190. The first kappa shape index (κ1) is 28.3. The smallest absolute Gasteiger partial charge is 0.251 e. The summed E-state index contributed by atoms with van der Waals surface area (Å²) in [6, 6.07) is 24.1. The molecule has 1 N–H and O–H groups in total. The third-order valence-corrected chi connectivity index (χ3v) is 6.72. The number of para-hydroxylation sites is 1. The highest BCUT2D eigenvalue weighted by atomic mass is 32.1. The SMILES string of the molecule is CCN1C[C@@H](NC(=O)c2cccc(C)c2)[C@@H](c2ccc(F)cc2)c2c(C)nn(-c3ccccc3)c21.S.S. The van der Waals surface area contributed by atoms with Gasteiger partial charge in [-0.1, -0.05) is 48.0 Å². The molecule has 5 nitrogen and oxygen atoms in total. The second-order valence-electron chi connectivity index (χ2n) is 9.09. The number of benzene rings is 3. The molecule has 3 aromatic carbocycles. The van der Waals surface area contributed by atoms with Crippen LogP contribution in [-0.2, 0) is 0 Å². The summed E-state index contributed by atoms with van der Waals surface area (Å²) in [7, 11) is 0. The standard InChI is InChI=1S/C29H29FN4O.2H2S/c1-4-33-18-25(31-28(35)22-10-8-9-19(2)17-22)27(21-13-15-23(30)16-14-21)26-20(3)32-34(29(26)33)24-11-6-5-7-12-24;;/h5-17,25,27H,4,18H2,1-3H3,(H,31,35);2*1H2/t25-,27-;;/m1../s1. The third kappa shape index (κ3) is 5.55. The predicted molar refractivity (Wildman–Crippen MR) is 158 cm³/mol. The molecule has 1 aromatic heterocycles. The van der Waals surface area contributed by atoms with Crippen molar-refractivity contribution in [2.45, 2.75) is 32.7 Å². The highest BCUT2D eigenvalue weighted by Gasteiger charge is 2.39. The van der Waals surface area contributed by atoms with Crippen LogP contribution in [0.25, 0.3) is 5.69 Å². The van der Waals surface area contributed by atoms with Crippen molar-refractivity contribution in [2.24, 2.45) is 0 Å². The Kier molecular flexibility index (Phi) is 9.10. The first-order valence-electron chi connectivity index (χ1n) is 12.0. The number of fused-ring (bicyclic) bond motifs is 1. The third-order valence-electron chi connectivity index (χ3n) is 6.72. The van der Waals surface area contributed by atoms with E-state index in [1.165, 1.54) is 12.1 Å². The maximum atomic E-state index is 13.8. The van der Waals surface area contributed by atoms with Gasteiger partial charge < -0.3 is 10.2 Å². The van der Waals surface area contributed by atoms with Gasteiger partial charge in [-0.15, -0.1) is 0 Å². The van der Waals surface area contributed by atoms with E-state index in [4.69, 9.17) is 5.10 Å². The number of amides is 1. The monoisotopic (exact) mass is 536 g/mol. The van der Waals surface area contributed by atoms with Gasteiger partial charge in [0.25, 0.3) is 5.91 Å². The highest BCUT2D eigenvalue weighted by molar-refractivity contribution is 7.59. The van der Waals surface area contributed by atoms with Crippen LogP contribution in [-0.4, -0.2) is 34.8 Å². The Morgan fingerprint density at radius 2 is 1.70 bits per heavy atom. The van der Waals surface area contributed by atoms with Gasteiger partial charge in [-0.2, -0.15) is 32.1 Å². The lowest BCUT2D eigenvalue weighted by atomic mass is 9.81. The zero-order valence-electron chi connectivity index (χ0n) is 21.2. The van der Waals surface area contributed by atoms with Gasteiger partial charge in [0.05, 0.1) is 17.4 Å². The van der Waals surface area contributed by atoms with Gasteiger partial charge in [0, 0.05) is 30.1 Å². The molecule has 0 bridgehead atoms. The molecule has 0 unspecified atom stereocenters. The van der Waals surface area contributed by atoms with E-state index in [2.05, 4.69) is 17.1 Å². The van der Waals surface area contributed by atoms with Crippen LogP contribution in [0.4, 0.5) is 10.2 Å². The molecule has 5 rings (SSSR count). The average Bonchev–Trinajstić information content (AvgIpc) is 3.22. The molecule has 0 saturated carbocycles. The van der Waals surface area contributed by atoms with Crippen LogP contribution in [0.1, 0.15) is 45.6 Å². The van der Waals surface area contributed by atoms with Crippen molar-refractivity contribution in [3.8, 4) is 5.69 Å². The number of hydrogen-bond acceptors (Lipinski definition) is 3. The van der Waals surface area contributed by atoms with E-state index >= 15 is 0 Å². The number of nitrogens with zero attached hydrogens (tertiary/aromatic N) is 3. The van der Waals surface area contributed by atoms with E-state index in [0.717, 1.165) is 40.4 Å². The molecule has 2 atom stereocenters. The summed E-state index contributed by atoms with van der Waals surface area (Å²) in [6.45, 7) is 7.47. The zero-order chi connectivity index (χ0) is 24.5. The summed E-state index contributed by atoms with van der Waals surface area (Å²) < 4.78 is 15.8. The number of halogens is 1. The topological polar surface area (TPSA) is 50.2 Å². The molecular weight excluding hydrogens is 503 g/mol. The van der Waals surface area contributed by atoms with E-state index in [9.17, 15) is 9.18 Å². The van der Waals surface area contributed by atoms with Crippen LogP contribution in [0.3, 0.4) is 0 Å². The minimum Gasteiger partial charge on any atom is -0.354 e. The van der Waals surface area contributed by atoms with Gasteiger partial charge in [-0.25, -0.2) is 9.07 Å². The second-order valence-corrected chi connectivity index (χ2v) is 9.09. The van der Waals surface area contributed by atoms with Crippen molar-refractivity contribution in [1.29, 1.82) is 0 Å². The van der Waals surface area contributed by atoms with Gasteiger partial charge in [-0.05, 0) is 62.7 Å². The van der Waals surface area contributed by atoms with Crippen LogP contribution in [0, 0.1) is 19.7 Å². The van der Waals surface area contributed by atoms with E-state index in [0.29, 0.717) is 12.1 Å². The minimum atomic E-state index is -0.281. The molecule has 37 heavy (non-hydrogen) atoms. The molecule has 0 spiro atoms. The molecular formula is C29H33FN4OS2. The fourth-order valence-corrected chi connectivity index (χ4v) is 5.09. The predicted octanol–water partition coefficient (Wildman–Crippen LogP) is 5.62. The number of carbonyl (C=O) groups excluding carboxylic acids is 1. The maximum absolute atomic E-state index is 13.8. The minimum absolute atomic E-state index is 0. The van der Waals surface area contributed by atoms with Gasteiger partial charge >= 0.3 is 0 Å². The molecule has 0 saturated heterocycles. The number of aromatic nitrogens is 2. The first-order chi connectivity index (χ1) is 17.0. The number of anilines is 1. The van der Waals surface area contributed by atoms with Gasteiger partial charge in [0.15, 0.2) is 0 Å². The Morgan fingerprint density at radius 1 is 1.00 bits per heavy atom. The Morgan fingerprint density at radius 3 is 2.35 bits per heavy atom. The molecule has 0 aliphatic carbocycles. The second kappa shape index (κ2) is 11.9. The number of aryl methyl sites for hydroxylation is 2. The number of nitrogens with one attached hydrogen (secondary N) is 1. The summed E-state index contributed by atoms with van der Waals surface area (Å²) in [5, 5.41) is 8.22. The zero-order valence-corrected chi connectivity index (χ0v) is 23.2. The van der Waals surface area contributed by atoms with Gasteiger partial charge in [0.1, 0.15) is 11.6 Å². The molecule has 0 fully saturated rings. The van der Waals surface area contributed by atoms with Crippen LogP contribution in [0.5, 0.6) is 0 Å². The van der Waals surface area contributed by atoms with Gasteiger partial charge in [0.2, 0.25) is 0 Å². The summed E-state index contributed by atoms with van der Waals surface area (Å²) in [5.74, 6) is 0.460. The van der Waals surface area contributed by atoms with E-state index in [1.807, 2.05) is 85.3 Å². The molecule has 1 aliphatic heterocycles. The Labute approximate surface area is 231 Å². The lowest BCUT2D eigenvalue weighted by Gasteiger charge is -2.40. The van der Waals surface area contributed by atoms with Crippen LogP contribution in [0.2, 0.25) is 0 Å². The molecule has 1 aliphatic rings. The van der Waals surface area contributed by atoms with Crippen molar-refractivity contribution < 1.29 is 9.18 Å². The van der Waals surface area contributed by atoms with E-state index in [-0.39, 0.29) is 50.7 Å². The molecule has 194 valence electrons. The summed E-state index contributed by atoms with van der Waals surface area (Å²) in [4.78, 5) is 15.6. The Hall–Kier alpha value is -3.23. The Bertz CT molecular complexity index is 1360. The largest absolute Gasteiger partial charge is 0.354 e. The number of likely N-dealkylation sites (N-methyl/N-ethyl adjacent to an activating group) is 1. The number of carbonyl (C=O) groups is 1. The van der Waals surface area contributed by atoms with Crippen molar-refractivity contribution >= 4 is 38.7 Å². The van der Waals surface area contributed by atoms with Crippen molar-refractivity contribution in [2.75, 3.05) is 18.0 Å². The molecule has 1 amide bonds. The normalized spacial score (nSPS) is 16.3. The van der Waals surface area contributed by atoms with Crippen LogP contribution in [0.15, 0.2) is 78.9 Å². The maximum Gasteiger partial charge on any atom is 0.251 e. The van der Waals surface area contributed by atoms with E-state index < -0.39 is 0 Å². The lowest BCUT2D eigenvalue weighted by Crippen LogP contribution is -2.51. The summed E-state index contributed by atoms with van der Waals surface area (Å²) in [6.07, 6.45) is 0. The highest BCUT2D eigenvalue weighted by Crippen LogP contribution is 2.42. The van der Waals surface area contributed by atoms with Crippen LogP contribution >= 0.6 is 27.0 Å². The average molecular weight is 537 g/mol. The molecule has 0 radical (unpaired) electrons. The van der Waals surface area contributed by atoms with Crippen LogP contribution < -0.4 is 10.2 Å². The van der Waals surface area contributed by atoms with Crippen molar-refractivity contribution in [3.63, 3.8) is 0 Å². The van der Waals surface area contributed by atoms with Crippen molar-refractivity contribution in [1.82, 2.24) is 15.1 Å². The number of rotatable bonds is 5. The summed E-state index contributed by atoms with van der Waals surface area (Å²) >= 11 is 0. The fraction of sp³-hybridized carbons (Fsp3) is 0.241.